The van der Waals surface area contributed by atoms with Crippen molar-refractivity contribution in [3.05, 3.63) is 18.0 Å². The first-order chi connectivity index (χ1) is 6.86. The fourth-order valence-corrected chi connectivity index (χ4v) is 3.21. The van der Waals surface area contributed by atoms with E-state index in [4.69, 9.17) is 5.73 Å². The summed E-state index contributed by atoms with van der Waals surface area (Å²) in [5, 5.41) is 4.52. The van der Waals surface area contributed by atoms with E-state index >= 15 is 0 Å². The van der Waals surface area contributed by atoms with Crippen LogP contribution in [0, 0.1) is 11.8 Å². The lowest BCUT2D eigenvalue weighted by molar-refractivity contribution is 0.305. The second-order valence-corrected chi connectivity index (χ2v) is 4.73. The topological polar surface area (TPSA) is 43.8 Å². The molecule has 2 saturated carbocycles. The monoisotopic (exact) mass is 191 g/mol. The minimum Gasteiger partial charge on any atom is -0.325 e. The molecule has 2 bridgehead atoms. The van der Waals surface area contributed by atoms with E-state index in [2.05, 4.69) is 16.0 Å². The molecule has 2 aliphatic carbocycles. The zero-order valence-electron chi connectivity index (χ0n) is 8.39. The van der Waals surface area contributed by atoms with Gasteiger partial charge in [0.25, 0.3) is 0 Å². The van der Waals surface area contributed by atoms with E-state index in [1.54, 1.807) is 0 Å². The van der Waals surface area contributed by atoms with Gasteiger partial charge in [-0.25, -0.2) is 0 Å². The summed E-state index contributed by atoms with van der Waals surface area (Å²) >= 11 is 0. The van der Waals surface area contributed by atoms with E-state index in [9.17, 15) is 0 Å². The van der Waals surface area contributed by atoms with Gasteiger partial charge in [-0.1, -0.05) is 6.42 Å². The third-order valence-electron chi connectivity index (χ3n) is 3.91. The van der Waals surface area contributed by atoms with Crippen molar-refractivity contribution >= 4 is 0 Å². The van der Waals surface area contributed by atoms with E-state index in [0.29, 0.717) is 12.6 Å². The van der Waals surface area contributed by atoms with Crippen molar-refractivity contribution in [2.75, 3.05) is 0 Å². The molecule has 0 spiro atoms. The van der Waals surface area contributed by atoms with Crippen LogP contribution in [0.5, 0.6) is 0 Å². The maximum absolute atomic E-state index is 5.56. The quantitative estimate of drug-likeness (QED) is 0.773. The molecule has 3 rings (SSSR count). The van der Waals surface area contributed by atoms with Crippen LogP contribution in [0.2, 0.25) is 0 Å². The Kier molecular flexibility index (Phi) is 1.87. The maximum atomic E-state index is 5.56. The van der Waals surface area contributed by atoms with Crippen molar-refractivity contribution in [2.45, 2.75) is 38.3 Å². The van der Waals surface area contributed by atoms with Gasteiger partial charge in [0, 0.05) is 12.7 Å². The molecule has 0 amide bonds. The SMILES string of the molecule is NCc1ccn(C2CC3CCC2C3)n1. The Balaban J connectivity index is 1.82. The van der Waals surface area contributed by atoms with Gasteiger partial charge in [0.2, 0.25) is 0 Å². The largest absolute Gasteiger partial charge is 0.325 e. The second-order valence-electron chi connectivity index (χ2n) is 4.73. The van der Waals surface area contributed by atoms with Crippen LogP contribution in [0.15, 0.2) is 12.3 Å². The zero-order chi connectivity index (χ0) is 9.54. The van der Waals surface area contributed by atoms with Gasteiger partial charge < -0.3 is 5.73 Å². The molecule has 3 nitrogen and oxygen atoms in total. The van der Waals surface area contributed by atoms with Crippen molar-refractivity contribution in [2.24, 2.45) is 17.6 Å². The highest BCUT2D eigenvalue weighted by Gasteiger charge is 2.40. The third kappa shape index (κ3) is 1.19. The molecule has 1 aromatic rings. The van der Waals surface area contributed by atoms with Crippen molar-refractivity contribution in [1.29, 1.82) is 0 Å². The van der Waals surface area contributed by atoms with E-state index in [1.165, 1.54) is 25.7 Å². The van der Waals surface area contributed by atoms with Crippen LogP contribution in [0.1, 0.15) is 37.4 Å². The second kappa shape index (κ2) is 3.09. The summed E-state index contributed by atoms with van der Waals surface area (Å²) in [6, 6.07) is 2.72. The summed E-state index contributed by atoms with van der Waals surface area (Å²) in [6.07, 6.45) is 7.74. The standard InChI is InChI=1S/C11H17N3/c12-7-10-3-4-14(13-10)11-6-8-1-2-9(11)5-8/h3-4,8-9,11H,1-2,5-7,12H2. The predicted molar refractivity (Wildman–Crippen MR) is 54.6 cm³/mol. The normalized spacial score (nSPS) is 35.4. The average Bonchev–Trinajstić information content (AvgIpc) is 2.93. The summed E-state index contributed by atoms with van der Waals surface area (Å²) in [6.45, 7) is 0.563. The van der Waals surface area contributed by atoms with Crippen LogP contribution < -0.4 is 5.73 Å². The molecule has 3 unspecified atom stereocenters. The molecule has 0 saturated heterocycles. The highest BCUT2D eigenvalue weighted by atomic mass is 15.3. The summed E-state index contributed by atoms with van der Waals surface area (Å²) < 4.78 is 2.16. The van der Waals surface area contributed by atoms with Crippen molar-refractivity contribution in [3.63, 3.8) is 0 Å². The smallest absolute Gasteiger partial charge is 0.0760 e. The molecule has 2 fully saturated rings. The molecule has 0 aliphatic heterocycles. The fourth-order valence-electron chi connectivity index (χ4n) is 3.21. The molecule has 1 heterocycles. The molecule has 14 heavy (non-hydrogen) atoms. The van der Waals surface area contributed by atoms with Crippen LogP contribution in [0.25, 0.3) is 0 Å². The lowest BCUT2D eigenvalue weighted by Crippen LogP contribution is -2.17. The summed E-state index contributed by atoms with van der Waals surface area (Å²) in [7, 11) is 0. The molecule has 2 aliphatic rings. The van der Waals surface area contributed by atoms with Gasteiger partial charge >= 0.3 is 0 Å². The summed E-state index contributed by atoms with van der Waals surface area (Å²) in [5.41, 5.74) is 6.58. The molecule has 3 heteroatoms. The zero-order valence-corrected chi connectivity index (χ0v) is 8.39. The minimum atomic E-state index is 0.563. The summed E-state index contributed by atoms with van der Waals surface area (Å²) in [4.78, 5) is 0. The molecule has 2 N–H and O–H groups in total. The van der Waals surface area contributed by atoms with E-state index < -0.39 is 0 Å². The van der Waals surface area contributed by atoms with Gasteiger partial charge in [-0.05, 0) is 37.2 Å². The van der Waals surface area contributed by atoms with Gasteiger partial charge in [-0.15, -0.1) is 0 Å². The Morgan fingerprint density at radius 1 is 1.43 bits per heavy atom. The molecule has 3 atom stereocenters. The Bertz CT molecular complexity index is 331. The number of nitrogens with zero attached hydrogens (tertiary/aromatic N) is 2. The van der Waals surface area contributed by atoms with Gasteiger partial charge in [0.15, 0.2) is 0 Å². The van der Waals surface area contributed by atoms with Crippen LogP contribution >= 0.6 is 0 Å². The van der Waals surface area contributed by atoms with E-state index in [-0.39, 0.29) is 0 Å². The molecule has 76 valence electrons. The van der Waals surface area contributed by atoms with Gasteiger partial charge in [0.05, 0.1) is 11.7 Å². The van der Waals surface area contributed by atoms with Gasteiger partial charge in [-0.3, -0.25) is 4.68 Å². The number of nitrogens with two attached hydrogens (primary N) is 1. The van der Waals surface area contributed by atoms with Crippen LogP contribution in [0.4, 0.5) is 0 Å². The predicted octanol–water partition coefficient (Wildman–Crippen LogP) is 1.70. The minimum absolute atomic E-state index is 0.563. The third-order valence-corrected chi connectivity index (χ3v) is 3.91. The number of hydrogen-bond donors (Lipinski definition) is 1. The number of aromatic nitrogens is 2. The van der Waals surface area contributed by atoms with Crippen LogP contribution in [-0.4, -0.2) is 9.78 Å². The fraction of sp³-hybridized carbons (Fsp3) is 0.727. The number of rotatable bonds is 2. The molecular weight excluding hydrogens is 174 g/mol. The average molecular weight is 191 g/mol. The molecule has 0 aromatic carbocycles. The molecular formula is C11H17N3. The van der Waals surface area contributed by atoms with E-state index in [0.717, 1.165) is 17.5 Å². The van der Waals surface area contributed by atoms with E-state index in [1.807, 2.05) is 6.07 Å². The highest BCUT2D eigenvalue weighted by molar-refractivity contribution is 5.01. The van der Waals surface area contributed by atoms with Gasteiger partial charge in [-0.2, -0.15) is 5.10 Å². The molecule has 0 radical (unpaired) electrons. The Morgan fingerprint density at radius 2 is 2.36 bits per heavy atom. The first-order valence-electron chi connectivity index (χ1n) is 5.61. The lowest BCUT2D eigenvalue weighted by Gasteiger charge is -2.21. The van der Waals surface area contributed by atoms with Crippen molar-refractivity contribution in [3.8, 4) is 0 Å². The highest BCUT2D eigenvalue weighted by Crippen LogP contribution is 2.50. The first kappa shape index (κ1) is 8.48. The summed E-state index contributed by atoms with van der Waals surface area (Å²) in [5.74, 6) is 1.88. The Hall–Kier alpha value is -0.830. The Labute approximate surface area is 84.3 Å². The van der Waals surface area contributed by atoms with Crippen molar-refractivity contribution < 1.29 is 0 Å². The maximum Gasteiger partial charge on any atom is 0.0760 e. The Morgan fingerprint density at radius 3 is 2.93 bits per heavy atom. The lowest BCUT2D eigenvalue weighted by atomic mass is 9.96. The van der Waals surface area contributed by atoms with Crippen LogP contribution in [-0.2, 0) is 6.54 Å². The molecule has 1 aromatic heterocycles. The first-order valence-corrected chi connectivity index (χ1v) is 5.61. The van der Waals surface area contributed by atoms with Crippen molar-refractivity contribution in [1.82, 2.24) is 9.78 Å². The number of hydrogen-bond acceptors (Lipinski definition) is 2. The van der Waals surface area contributed by atoms with Crippen LogP contribution in [0.3, 0.4) is 0 Å². The van der Waals surface area contributed by atoms with Gasteiger partial charge in [0.1, 0.15) is 0 Å². The number of fused-ring (bicyclic) bond motifs is 2.